The molecule has 0 saturated heterocycles. The van der Waals surface area contributed by atoms with Gasteiger partial charge in [0.25, 0.3) is 5.91 Å². The van der Waals surface area contributed by atoms with E-state index in [0.717, 1.165) is 12.8 Å². The third-order valence-electron chi connectivity index (χ3n) is 3.24. The number of thiophene rings is 1. The molecule has 1 atom stereocenters. The number of ether oxygens (including phenoxy) is 1. The van der Waals surface area contributed by atoms with Crippen LogP contribution in [0.5, 0.6) is 5.75 Å². The van der Waals surface area contributed by atoms with E-state index in [0.29, 0.717) is 17.0 Å². The molecule has 1 aromatic heterocycles. The molecule has 112 valence electrons. The average Bonchev–Trinajstić information content (AvgIpc) is 3.00. The van der Waals surface area contributed by atoms with E-state index >= 15 is 0 Å². The van der Waals surface area contributed by atoms with Crippen molar-refractivity contribution in [1.29, 1.82) is 0 Å². The molecule has 1 heterocycles. The van der Waals surface area contributed by atoms with E-state index in [-0.39, 0.29) is 11.9 Å². The standard InChI is InChI=1S/C16H20N2O2S/c1-3-5-13(15-6-4-9-21-15)18-16(19)12-8-7-11(17)10-14(12)20-2/h4,6-10,13H,3,5,17H2,1-2H3,(H,18,19). The van der Waals surface area contributed by atoms with Crippen LogP contribution in [0.4, 0.5) is 5.69 Å². The van der Waals surface area contributed by atoms with Gasteiger partial charge in [0.2, 0.25) is 0 Å². The molecule has 1 amide bonds. The molecule has 4 nitrogen and oxygen atoms in total. The fourth-order valence-corrected chi connectivity index (χ4v) is 3.01. The number of rotatable bonds is 6. The van der Waals surface area contributed by atoms with Gasteiger partial charge in [0.05, 0.1) is 18.7 Å². The molecule has 0 fully saturated rings. The Morgan fingerprint density at radius 2 is 2.24 bits per heavy atom. The fourth-order valence-electron chi connectivity index (χ4n) is 2.20. The maximum absolute atomic E-state index is 12.5. The lowest BCUT2D eigenvalue weighted by atomic mass is 10.1. The Kier molecular flexibility index (Phi) is 5.22. The Hall–Kier alpha value is -2.01. The zero-order valence-corrected chi connectivity index (χ0v) is 13.1. The monoisotopic (exact) mass is 304 g/mol. The minimum Gasteiger partial charge on any atom is -0.496 e. The van der Waals surface area contributed by atoms with Crippen molar-refractivity contribution in [2.75, 3.05) is 12.8 Å². The van der Waals surface area contributed by atoms with E-state index in [9.17, 15) is 4.79 Å². The highest BCUT2D eigenvalue weighted by atomic mass is 32.1. The van der Waals surface area contributed by atoms with Gasteiger partial charge in [0, 0.05) is 16.6 Å². The summed E-state index contributed by atoms with van der Waals surface area (Å²) in [6.07, 6.45) is 1.91. The van der Waals surface area contributed by atoms with E-state index in [4.69, 9.17) is 10.5 Å². The van der Waals surface area contributed by atoms with Crippen LogP contribution < -0.4 is 15.8 Å². The normalized spacial score (nSPS) is 11.9. The Morgan fingerprint density at radius 1 is 1.43 bits per heavy atom. The first-order chi connectivity index (χ1) is 10.2. The van der Waals surface area contributed by atoms with Crippen molar-refractivity contribution < 1.29 is 9.53 Å². The van der Waals surface area contributed by atoms with Crippen LogP contribution in [-0.4, -0.2) is 13.0 Å². The van der Waals surface area contributed by atoms with Crippen molar-refractivity contribution in [3.05, 3.63) is 46.2 Å². The van der Waals surface area contributed by atoms with Gasteiger partial charge in [0.1, 0.15) is 5.75 Å². The maximum atomic E-state index is 12.5. The second kappa shape index (κ2) is 7.13. The zero-order valence-electron chi connectivity index (χ0n) is 12.3. The summed E-state index contributed by atoms with van der Waals surface area (Å²) in [5.74, 6) is 0.354. The van der Waals surface area contributed by atoms with Gasteiger partial charge in [-0.3, -0.25) is 4.79 Å². The number of anilines is 1. The second-order valence-electron chi connectivity index (χ2n) is 4.79. The quantitative estimate of drug-likeness (QED) is 0.801. The number of carbonyl (C=O) groups is 1. The summed E-state index contributed by atoms with van der Waals surface area (Å²) in [6, 6.07) is 9.14. The number of nitrogens with two attached hydrogens (primary N) is 1. The molecule has 1 aromatic carbocycles. The molecule has 0 bridgehead atoms. The first-order valence-corrected chi connectivity index (χ1v) is 7.81. The van der Waals surface area contributed by atoms with E-state index in [2.05, 4.69) is 12.2 Å². The Balaban J connectivity index is 2.19. The summed E-state index contributed by atoms with van der Waals surface area (Å²) in [4.78, 5) is 13.7. The van der Waals surface area contributed by atoms with Crippen LogP contribution in [0.1, 0.15) is 41.0 Å². The molecule has 21 heavy (non-hydrogen) atoms. The van der Waals surface area contributed by atoms with Crippen molar-refractivity contribution >= 4 is 22.9 Å². The molecule has 3 N–H and O–H groups in total. The van der Waals surface area contributed by atoms with Gasteiger partial charge in [-0.1, -0.05) is 19.4 Å². The summed E-state index contributed by atoms with van der Waals surface area (Å²) in [7, 11) is 1.54. The van der Waals surface area contributed by atoms with Gasteiger partial charge >= 0.3 is 0 Å². The summed E-state index contributed by atoms with van der Waals surface area (Å²) in [5.41, 5.74) is 6.80. The van der Waals surface area contributed by atoms with Gasteiger partial charge in [-0.2, -0.15) is 0 Å². The molecule has 0 aliphatic rings. The van der Waals surface area contributed by atoms with Crippen LogP contribution in [-0.2, 0) is 0 Å². The number of methoxy groups -OCH3 is 1. The molecule has 0 aliphatic carbocycles. The van der Waals surface area contributed by atoms with Gasteiger partial charge < -0.3 is 15.8 Å². The molecular weight excluding hydrogens is 284 g/mol. The third kappa shape index (κ3) is 3.76. The largest absolute Gasteiger partial charge is 0.496 e. The lowest BCUT2D eigenvalue weighted by Crippen LogP contribution is -2.28. The van der Waals surface area contributed by atoms with Crippen LogP contribution in [0.15, 0.2) is 35.7 Å². The van der Waals surface area contributed by atoms with Crippen LogP contribution in [0.2, 0.25) is 0 Å². The SMILES string of the molecule is CCCC(NC(=O)c1ccc(N)cc1OC)c1cccs1. The number of amides is 1. The lowest BCUT2D eigenvalue weighted by molar-refractivity contribution is 0.0932. The van der Waals surface area contributed by atoms with Crippen molar-refractivity contribution in [3.8, 4) is 5.75 Å². The average molecular weight is 304 g/mol. The number of nitrogen functional groups attached to an aromatic ring is 1. The van der Waals surface area contributed by atoms with Gasteiger partial charge in [-0.05, 0) is 30.0 Å². The molecule has 2 rings (SSSR count). The minimum atomic E-state index is -0.140. The van der Waals surface area contributed by atoms with Crippen molar-refractivity contribution in [2.24, 2.45) is 0 Å². The molecule has 2 aromatic rings. The van der Waals surface area contributed by atoms with Crippen molar-refractivity contribution in [2.45, 2.75) is 25.8 Å². The second-order valence-corrected chi connectivity index (χ2v) is 5.77. The molecule has 0 radical (unpaired) electrons. The first kappa shape index (κ1) is 15.4. The highest BCUT2D eigenvalue weighted by Gasteiger charge is 2.18. The topological polar surface area (TPSA) is 64.4 Å². The molecule has 0 saturated carbocycles. The Morgan fingerprint density at radius 3 is 2.86 bits per heavy atom. The van der Waals surface area contributed by atoms with Crippen LogP contribution in [0, 0.1) is 0 Å². The highest BCUT2D eigenvalue weighted by Crippen LogP contribution is 2.26. The highest BCUT2D eigenvalue weighted by molar-refractivity contribution is 7.10. The smallest absolute Gasteiger partial charge is 0.255 e. The fraction of sp³-hybridized carbons (Fsp3) is 0.312. The Labute approximate surface area is 128 Å². The zero-order chi connectivity index (χ0) is 15.2. The number of carbonyl (C=O) groups excluding carboxylic acids is 1. The first-order valence-electron chi connectivity index (χ1n) is 6.93. The third-order valence-corrected chi connectivity index (χ3v) is 4.23. The molecule has 1 unspecified atom stereocenters. The predicted octanol–water partition coefficient (Wildman–Crippen LogP) is 3.61. The molecular formula is C16H20N2O2S. The number of hydrogen-bond donors (Lipinski definition) is 2. The van der Waals surface area contributed by atoms with Gasteiger partial charge in [0.15, 0.2) is 0 Å². The van der Waals surface area contributed by atoms with E-state index in [1.54, 1.807) is 29.5 Å². The molecule has 0 aliphatic heterocycles. The van der Waals surface area contributed by atoms with Crippen LogP contribution >= 0.6 is 11.3 Å². The van der Waals surface area contributed by atoms with Gasteiger partial charge in [-0.25, -0.2) is 0 Å². The van der Waals surface area contributed by atoms with Crippen LogP contribution in [0.25, 0.3) is 0 Å². The number of benzene rings is 1. The lowest BCUT2D eigenvalue weighted by Gasteiger charge is -2.18. The van der Waals surface area contributed by atoms with Gasteiger partial charge in [-0.15, -0.1) is 11.3 Å². The number of hydrogen-bond acceptors (Lipinski definition) is 4. The molecule has 5 heteroatoms. The summed E-state index contributed by atoms with van der Waals surface area (Å²) in [6.45, 7) is 2.11. The summed E-state index contributed by atoms with van der Waals surface area (Å²) in [5, 5.41) is 5.10. The predicted molar refractivity (Wildman–Crippen MR) is 86.8 cm³/mol. The van der Waals surface area contributed by atoms with E-state index in [1.807, 2.05) is 17.5 Å². The van der Waals surface area contributed by atoms with Crippen LogP contribution in [0.3, 0.4) is 0 Å². The minimum absolute atomic E-state index is 0.0322. The summed E-state index contributed by atoms with van der Waals surface area (Å²) < 4.78 is 5.24. The van der Waals surface area contributed by atoms with E-state index < -0.39 is 0 Å². The number of nitrogens with one attached hydrogen (secondary N) is 1. The Bertz CT molecular complexity index is 596. The summed E-state index contributed by atoms with van der Waals surface area (Å²) >= 11 is 1.65. The van der Waals surface area contributed by atoms with E-state index in [1.165, 1.54) is 12.0 Å². The van der Waals surface area contributed by atoms with Crippen molar-refractivity contribution in [1.82, 2.24) is 5.32 Å². The molecule has 0 spiro atoms. The maximum Gasteiger partial charge on any atom is 0.255 e. The van der Waals surface area contributed by atoms with Crippen molar-refractivity contribution in [3.63, 3.8) is 0 Å².